The van der Waals surface area contributed by atoms with Gasteiger partial charge >= 0.3 is 5.97 Å². The fourth-order valence-corrected chi connectivity index (χ4v) is 6.19. The second kappa shape index (κ2) is 6.60. The number of hydrogen-bond donors (Lipinski definition) is 1. The molecule has 4 atom stereocenters. The van der Waals surface area contributed by atoms with Crippen LogP contribution in [0.15, 0.2) is 4.52 Å². The molecule has 1 aliphatic heterocycles. The van der Waals surface area contributed by atoms with Crippen molar-refractivity contribution in [3.05, 3.63) is 11.7 Å². The molecule has 116 valence electrons. The van der Waals surface area contributed by atoms with Gasteiger partial charge in [-0.1, -0.05) is 18.5 Å². The predicted molar refractivity (Wildman–Crippen MR) is 83.8 cm³/mol. The summed E-state index contributed by atoms with van der Waals surface area (Å²) in [7, 11) is 0. The van der Waals surface area contributed by atoms with Crippen LogP contribution in [0.2, 0.25) is 0 Å². The van der Waals surface area contributed by atoms with Crippen LogP contribution in [-0.2, 0) is 4.79 Å². The van der Waals surface area contributed by atoms with E-state index in [1.807, 2.05) is 23.5 Å². The lowest BCUT2D eigenvalue weighted by Crippen LogP contribution is -2.20. The maximum Gasteiger partial charge on any atom is 0.307 e. The maximum absolute atomic E-state index is 11.3. The molecule has 7 heteroatoms. The largest absolute Gasteiger partial charge is 0.481 e. The lowest BCUT2D eigenvalue weighted by Gasteiger charge is -2.27. The Morgan fingerprint density at radius 2 is 2.19 bits per heavy atom. The molecule has 4 unspecified atom stereocenters. The molecule has 0 bridgehead atoms. The summed E-state index contributed by atoms with van der Waals surface area (Å²) in [5.41, 5.74) is 0. The first-order chi connectivity index (χ1) is 10.2. The highest BCUT2D eigenvalue weighted by atomic mass is 32.2. The summed E-state index contributed by atoms with van der Waals surface area (Å²) in [5, 5.41) is 14.2. The lowest BCUT2D eigenvalue weighted by molar-refractivity contribution is -0.142. The quantitative estimate of drug-likeness (QED) is 0.908. The Morgan fingerprint density at radius 3 is 2.95 bits per heavy atom. The van der Waals surface area contributed by atoms with Gasteiger partial charge in [0.05, 0.1) is 17.1 Å². The number of thioether (sulfide) groups is 2. The smallest absolute Gasteiger partial charge is 0.307 e. The van der Waals surface area contributed by atoms with Crippen molar-refractivity contribution in [3.8, 4) is 0 Å². The third-order valence-electron chi connectivity index (χ3n) is 4.31. The maximum atomic E-state index is 11.3. The first-order valence-corrected chi connectivity index (χ1v) is 9.60. The summed E-state index contributed by atoms with van der Waals surface area (Å²) in [4.78, 5) is 15.9. The average molecular weight is 328 g/mol. The molecule has 1 aliphatic carbocycles. The molecule has 2 heterocycles. The number of hydrogen-bond acceptors (Lipinski definition) is 6. The molecular weight excluding hydrogens is 308 g/mol. The topological polar surface area (TPSA) is 76.2 Å². The normalized spacial score (nSPS) is 33.2. The van der Waals surface area contributed by atoms with Crippen molar-refractivity contribution in [2.75, 3.05) is 11.5 Å². The van der Waals surface area contributed by atoms with Gasteiger partial charge in [0.15, 0.2) is 5.82 Å². The molecule has 1 saturated heterocycles. The van der Waals surface area contributed by atoms with Crippen molar-refractivity contribution in [2.45, 2.75) is 49.0 Å². The van der Waals surface area contributed by atoms with Gasteiger partial charge in [-0.25, -0.2) is 0 Å². The highest BCUT2D eigenvalue weighted by Gasteiger charge is 2.39. The number of nitrogens with zero attached hydrogens (tertiary/aromatic N) is 2. The molecular formula is C14H20N2O3S2. The van der Waals surface area contributed by atoms with E-state index in [1.165, 1.54) is 5.75 Å². The highest BCUT2D eigenvalue weighted by molar-refractivity contribution is 8.06. The van der Waals surface area contributed by atoms with Crippen LogP contribution in [0.25, 0.3) is 0 Å². The molecule has 1 saturated carbocycles. The fraction of sp³-hybridized carbons (Fsp3) is 0.786. The zero-order valence-electron chi connectivity index (χ0n) is 12.0. The van der Waals surface area contributed by atoms with E-state index < -0.39 is 5.97 Å². The van der Waals surface area contributed by atoms with Crippen LogP contribution in [0.3, 0.4) is 0 Å². The number of carboxylic acids is 1. The van der Waals surface area contributed by atoms with Crippen molar-refractivity contribution < 1.29 is 14.4 Å². The first-order valence-electron chi connectivity index (χ1n) is 7.50. The fourth-order valence-electron chi connectivity index (χ4n) is 3.21. The van der Waals surface area contributed by atoms with Crippen LogP contribution in [0, 0.1) is 5.92 Å². The molecule has 0 radical (unpaired) electrons. The molecule has 21 heavy (non-hydrogen) atoms. The van der Waals surface area contributed by atoms with Crippen molar-refractivity contribution in [1.82, 2.24) is 10.1 Å². The van der Waals surface area contributed by atoms with Gasteiger partial charge in [-0.15, -0.1) is 11.8 Å². The Kier molecular flexibility index (Phi) is 4.78. The van der Waals surface area contributed by atoms with Crippen LogP contribution in [-0.4, -0.2) is 38.0 Å². The lowest BCUT2D eigenvalue weighted by atomic mass is 9.96. The molecule has 2 aliphatic rings. The minimum Gasteiger partial charge on any atom is -0.481 e. The van der Waals surface area contributed by atoms with E-state index in [2.05, 4.69) is 17.1 Å². The number of aliphatic carboxylic acids is 1. The monoisotopic (exact) mass is 328 g/mol. The van der Waals surface area contributed by atoms with Crippen LogP contribution in [0.1, 0.15) is 55.5 Å². The van der Waals surface area contributed by atoms with Gasteiger partial charge in [-0.2, -0.15) is 16.7 Å². The minimum absolute atomic E-state index is 0.106. The molecule has 0 aromatic carbocycles. The van der Waals surface area contributed by atoms with Crippen molar-refractivity contribution in [3.63, 3.8) is 0 Å². The van der Waals surface area contributed by atoms with Gasteiger partial charge in [0.1, 0.15) is 0 Å². The van der Waals surface area contributed by atoms with E-state index in [9.17, 15) is 9.90 Å². The summed E-state index contributed by atoms with van der Waals surface area (Å²) in [6, 6.07) is 0. The summed E-state index contributed by atoms with van der Waals surface area (Å²) < 4.78 is 5.43. The summed E-state index contributed by atoms with van der Waals surface area (Å²) in [5.74, 6) is 2.35. The standard InChI is InChI=1S/C14H20N2O3S2/c1-2-10-11(21-7-6-20-10)12-15-13(19-16-12)8-4-3-5-9(8)14(17)18/h8-11H,2-7H2,1H3,(H,17,18). The third kappa shape index (κ3) is 3.08. The van der Waals surface area contributed by atoms with E-state index in [0.717, 1.165) is 30.8 Å². The van der Waals surface area contributed by atoms with E-state index in [1.54, 1.807) is 0 Å². The van der Waals surface area contributed by atoms with Crippen molar-refractivity contribution in [2.24, 2.45) is 5.92 Å². The molecule has 1 aromatic rings. The number of carboxylic acid groups (broad SMARTS) is 1. The van der Waals surface area contributed by atoms with Gasteiger partial charge in [-0.05, 0) is 19.3 Å². The summed E-state index contributed by atoms with van der Waals surface area (Å²) >= 11 is 3.87. The molecule has 0 spiro atoms. The van der Waals surface area contributed by atoms with E-state index in [4.69, 9.17) is 4.52 Å². The number of aromatic nitrogens is 2. The van der Waals surface area contributed by atoms with Gasteiger partial charge in [-0.3, -0.25) is 4.79 Å². The SMILES string of the molecule is CCC1SCCSC1c1noc(C2CCCC2C(=O)O)n1. The minimum atomic E-state index is -0.744. The highest BCUT2D eigenvalue weighted by Crippen LogP contribution is 2.44. The van der Waals surface area contributed by atoms with E-state index in [-0.39, 0.29) is 17.1 Å². The zero-order chi connectivity index (χ0) is 14.8. The Hall–Kier alpha value is -0.690. The zero-order valence-corrected chi connectivity index (χ0v) is 13.7. The first kappa shape index (κ1) is 15.2. The number of carbonyl (C=O) groups is 1. The molecule has 1 N–H and O–H groups in total. The molecule has 1 aromatic heterocycles. The van der Waals surface area contributed by atoms with Crippen molar-refractivity contribution in [1.29, 1.82) is 0 Å². The molecule has 5 nitrogen and oxygen atoms in total. The Morgan fingerprint density at radius 1 is 1.38 bits per heavy atom. The second-order valence-corrected chi connectivity index (χ2v) is 8.18. The van der Waals surface area contributed by atoms with Gasteiger partial charge in [0.2, 0.25) is 5.89 Å². The average Bonchev–Trinajstić information content (AvgIpc) is 3.15. The Balaban J connectivity index is 1.78. The van der Waals surface area contributed by atoms with Crippen LogP contribution in [0.4, 0.5) is 0 Å². The summed E-state index contributed by atoms with van der Waals surface area (Å²) in [6.07, 6.45) is 3.56. The van der Waals surface area contributed by atoms with Crippen LogP contribution in [0.5, 0.6) is 0 Å². The molecule has 0 amide bonds. The van der Waals surface area contributed by atoms with Gasteiger partial charge < -0.3 is 9.63 Å². The van der Waals surface area contributed by atoms with Crippen LogP contribution >= 0.6 is 23.5 Å². The Bertz CT molecular complexity index is 508. The third-order valence-corrected chi connectivity index (χ3v) is 7.56. The Labute approximate surface area is 132 Å². The van der Waals surface area contributed by atoms with E-state index >= 15 is 0 Å². The molecule has 3 rings (SSSR count). The summed E-state index contributed by atoms with van der Waals surface area (Å²) in [6.45, 7) is 2.19. The predicted octanol–water partition coefficient (Wildman–Crippen LogP) is 3.34. The van der Waals surface area contributed by atoms with Crippen LogP contribution < -0.4 is 0 Å². The van der Waals surface area contributed by atoms with E-state index in [0.29, 0.717) is 17.6 Å². The van der Waals surface area contributed by atoms with Gasteiger partial charge in [0.25, 0.3) is 0 Å². The van der Waals surface area contributed by atoms with Gasteiger partial charge in [0, 0.05) is 16.8 Å². The second-order valence-electron chi connectivity index (χ2n) is 5.58. The van der Waals surface area contributed by atoms with Crippen molar-refractivity contribution >= 4 is 29.5 Å². The number of rotatable bonds is 4. The molecule has 2 fully saturated rings.